The van der Waals surface area contributed by atoms with E-state index in [4.69, 9.17) is 16.3 Å². The Morgan fingerprint density at radius 2 is 1.88 bits per heavy atom. The number of thiazole rings is 1. The van der Waals surface area contributed by atoms with Gasteiger partial charge in [-0.25, -0.2) is 15.0 Å². The molecule has 4 rings (SSSR count). The number of anilines is 1. The fourth-order valence-corrected chi connectivity index (χ4v) is 4.07. The van der Waals surface area contributed by atoms with E-state index in [1.807, 2.05) is 18.2 Å². The van der Waals surface area contributed by atoms with Crippen molar-refractivity contribution in [2.45, 2.75) is 37.8 Å². The largest absolute Gasteiger partial charge is 0.472 e. The Morgan fingerprint density at radius 1 is 1.08 bits per heavy atom. The minimum atomic E-state index is 0.146. The minimum Gasteiger partial charge on any atom is -0.472 e. The number of ether oxygens (including phenoxy) is 1. The molecular weight excluding hydrogens is 344 g/mol. The first-order valence-corrected chi connectivity index (χ1v) is 9.22. The van der Waals surface area contributed by atoms with E-state index in [9.17, 15) is 0 Å². The lowest BCUT2D eigenvalue weighted by atomic mass is 9.93. The maximum atomic E-state index is 6.00. The molecule has 0 spiro atoms. The normalized spacial score (nSPS) is 20.9. The van der Waals surface area contributed by atoms with Crippen molar-refractivity contribution in [1.82, 2.24) is 15.0 Å². The first-order valence-electron chi connectivity index (χ1n) is 8.03. The molecule has 0 amide bonds. The zero-order valence-electron chi connectivity index (χ0n) is 13.0. The van der Waals surface area contributed by atoms with E-state index >= 15 is 0 Å². The van der Waals surface area contributed by atoms with Crippen LogP contribution in [0.2, 0.25) is 5.15 Å². The lowest BCUT2D eigenvalue weighted by molar-refractivity contribution is 0.143. The van der Waals surface area contributed by atoms with Crippen molar-refractivity contribution in [3.8, 4) is 5.88 Å². The fraction of sp³-hybridized carbons (Fsp3) is 0.353. The van der Waals surface area contributed by atoms with Gasteiger partial charge in [-0.3, -0.25) is 0 Å². The Balaban J connectivity index is 1.33. The van der Waals surface area contributed by atoms with E-state index in [2.05, 4.69) is 26.3 Å². The number of nitrogens with one attached hydrogen (secondary N) is 1. The Hall–Kier alpha value is -1.92. The molecule has 24 heavy (non-hydrogen) atoms. The van der Waals surface area contributed by atoms with Crippen LogP contribution in [0.15, 0.2) is 36.7 Å². The molecule has 1 aliphatic rings. The molecular formula is C17H17ClN4OS. The summed E-state index contributed by atoms with van der Waals surface area (Å²) in [5.74, 6) is 0.432. The molecule has 1 aliphatic carbocycles. The van der Waals surface area contributed by atoms with Crippen LogP contribution in [0.3, 0.4) is 0 Å². The zero-order valence-corrected chi connectivity index (χ0v) is 14.6. The van der Waals surface area contributed by atoms with Crippen molar-refractivity contribution in [1.29, 1.82) is 0 Å². The highest BCUT2D eigenvalue weighted by molar-refractivity contribution is 7.22. The topological polar surface area (TPSA) is 59.9 Å². The summed E-state index contributed by atoms with van der Waals surface area (Å²) in [6.45, 7) is 0. The van der Waals surface area contributed by atoms with Crippen molar-refractivity contribution < 1.29 is 4.74 Å². The lowest BCUT2D eigenvalue weighted by Crippen LogP contribution is -2.31. The van der Waals surface area contributed by atoms with Crippen LogP contribution in [-0.2, 0) is 0 Å². The van der Waals surface area contributed by atoms with Crippen LogP contribution in [0.1, 0.15) is 25.7 Å². The highest BCUT2D eigenvalue weighted by Crippen LogP contribution is 2.30. The maximum absolute atomic E-state index is 6.00. The van der Waals surface area contributed by atoms with Crippen LogP contribution >= 0.6 is 22.9 Å². The van der Waals surface area contributed by atoms with Gasteiger partial charge in [0.1, 0.15) is 6.10 Å². The molecule has 0 saturated heterocycles. The van der Waals surface area contributed by atoms with E-state index in [0.717, 1.165) is 36.3 Å². The van der Waals surface area contributed by atoms with Crippen molar-refractivity contribution in [2.24, 2.45) is 0 Å². The van der Waals surface area contributed by atoms with Gasteiger partial charge < -0.3 is 10.1 Å². The van der Waals surface area contributed by atoms with Gasteiger partial charge in [0, 0.05) is 18.4 Å². The predicted molar refractivity (Wildman–Crippen MR) is 97.0 cm³/mol. The van der Waals surface area contributed by atoms with Crippen molar-refractivity contribution in [3.63, 3.8) is 0 Å². The number of para-hydroxylation sites is 1. The average Bonchev–Trinajstić information content (AvgIpc) is 3.01. The summed E-state index contributed by atoms with van der Waals surface area (Å²) in [6, 6.07) is 8.65. The number of rotatable bonds is 4. The van der Waals surface area contributed by atoms with Crippen LogP contribution < -0.4 is 10.1 Å². The SMILES string of the molecule is Clc1nccnc1O[C@H]1CC[C@H](Nc2nc3ccccc3s2)CC1. The number of halogens is 1. The number of hydrogen-bond acceptors (Lipinski definition) is 6. The molecule has 3 aromatic rings. The second-order valence-electron chi connectivity index (χ2n) is 5.87. The maximum Gasteiger partial charge on any atom is 0.252 e. The fourth-order valence-electron chi connectivity index (χ4n) is 2.98. The average molecular weight is 361 g/mol. The predicted octanol–water partition coefficient (Wildman–Crippen LogP) is 4.54. The van der Waals surface area contributed by atoms with Crippen molar-refractivity contribution >= 4 is 38.3 Å². The third-order valence-corrected chi connectivity index (χ3v) is 5.42. The van der Waals surface area contributed by atoms with Crippen LogP contribution in [-0.4, -0.2) is 27.1 Å². The number of aromatic nitrogens is 3. The van der Waals surface area contributed by atoms with E-state index in [1.165, 1.54) is 4.70 Å². The second-order valence-corrected chi connectivity index (χ2v) is 7.26. The molecule has 124 valence electrons. The van der Waals surface area contributed by atoms with E-state index in [0.29, 0.717) is 17.1 Å². The Labute approximate surface area is 149 Å². The second kappa shape index (κ2) is 6.91. The summed E-state index contributed by atoms with van der Waals surface area (Å²) >= 11 is 7.71. The van der Waals surface area contributed by atoms with Crippen molar-refractivity contribution in [2.75, 3.05) is 5.32 Å². The van der Waals surface area contributed by atoms with Crippen LogP contribution in [0.4, 0.5) is 5.13 Å². The molecule has 0 radical (unpaired) electrons. The van der Waals surface area contributed by atoms with Gasteiger partial charge in [-0.2, -0.15) is 0 Å². The standard InChI is InChI=1S/C17H17ClN4OS/c18-15-16(20-10-9-19-15)23-12-7-5-11(6-8-12)21-17-22-13-3-1-2-4-14(13)24-17/h1-4,9-12H,5-8H2,(H,21,22)/t11-,12-. The number of hydrogen-bond donors (Lipinski definition) is 1. The monoisotopic (exact) mass is 360 g/mol. The van der Waals surface area contributed by atoms with Gasteiger partial charge in [-0.15, -0.1) is 0 Å². The van der Waals surface area contributed by atoms with Gasteiger partial charge in [-0.05, 0) is 37.8 Å². The molecule has 5 nitrogen and oxygen atoms in total. The summed E-state index contributed by atoms with van der Waals surface area (Å²) in [6.07, 6.45) is 7.32. The number of fused-ring (bicyclic) bond motifs is 1. The third-order valence-electron chi connectivity index (χ3n) is 4.20. The number of benzene rings is 1. The summed E-state index contributed by atoms with van der Waals surface area (Å²) < 4.78 is 7.10. The minimum absolute atomic E-state index is 0.146. The van der Waals surface area contributed by atoms with Crippen molar-refractivity contribution in [3.05, 3.63) is 41.8 Å². The molecule has 1 fully saturated rings. The zero-order chi connectivity index (χ0) is 16.4. The summed E-state index contributed by atoms with van der Waals surface area (Å²) in [4.78, 5) is 12.8. The number of nitrogens with zero attached hydrogens (tertiary/aromatic N) is 3. The molecule has 0 aliphatic heterocycles. The van der Waals surface area contributed by atoms with E-state index < -0.39 is 0 Å². The van der Waals surface area contributed by atoms with Gasteiger partial charge in [0.25, 0.3) is 5.88 Å². The highest BCUT2D eigenvalue weighted by atomic mass is 35.5. The molecule has 1 saturated carbocycles. The van der Waals surface area contributed by atoms with E-state index in [-0.39, 0.29) is 6.10 Å². The van der Waals surface area contributed by atoms with Crippen LogP contribution in [0, 0.1) is 0 Å². The van der Waals surface area contributed by atoms with Crippen LogP contribution in [0.5, 0.6) is 5.88 Å². The first kappa shape index (κ1) is 15.6. The Morgan fingerprint density at radius 3 is 2.67 bits per heavy atom. The summed E-state index contributed by atoms with van der Waals surface area (Å²) in [5.41, 5.74) is 1.05. The van der Waals surface area contributed by atoms with Gasteiger partial charge in [0.05, 0.1) is 10.2 Å². The third kappa shape index (κ3) is 3.44. The molecule has 0 atom stereocenters. The highest BCUT2D eigenvalue weighted by Gasteiger charge is 2.24. The van der Waals surface area contributed by atoms with Gasteiger partial charge in [0.2, 0.25) is 0 Å². The molecule has 7 heteroatoms. The molecule has 0 bridgehead atoms. The Kier molecular flexibility index (Phi) is 4.49. The molecule has 1 aromatic carbocycles. The molecule has 0 unspecified atom stereocenters. The smallest absolute Gasteiger partial charge is 0.252 e. The molecule has 1 N–H and O–H groups in total. The van der Waals surface area contributed by atoms with Gasteiger partial charge in [0.15, 0.2) is 10.3 Å². The van der Waals surface area contributed by atoms with Gasteiger partial charge >= 0.3 is 0 Å². The summed E-state index contributed by atoms with van der Waals surface area (Å²) in [5, 5.41) is 4.89. The van der Waals surface area contributed by atoms with E-state index in [1.54, 1.807) is 23.7 Å². The lowest BCUT2D eigenvalue weighted by Gasteiger charge is -2.29. The molecule has 2 heterocycles. The Bertz CT molecular complexity index is 799. The van der Waals surface area contributed by atoms with Gasteiger partial charge in [-0.1, -0.05) is 35.1 Å². The first-order chi connectivity index (χ1) is 11.8. The summed E-state index contributed by atoms with van der Waals surface area (Å²) in [7, 11) is 0. The quantitative estimate of drug-likeness (QED) is 0.740. The molecule has 2 aromatic heterocycles. The van der Waals surface area contributed by atoms with Crippen LogP contribution in [0.25, 0.3) is 10.2 Å².